The van der Waals surface area contributed by atoms with E-state index in [0.717, 1.165) is 20.0 Å². The molecule has 0 aromatic carbocycles. The Kier molecular flexibility index (Phi) is 4.65. The largest absolute Gasteiger partial charge is 0.347 e. The zero-order valence-electron chi connectivity index (χ0n) is 12.3. The highest BCUT2D eigenvalue weighted by atomic mass is 35.5. The average Bonchev–Trinajstić information content (AvgIpc) is 3.18. The molecule has 5 rings (SSSR count). The highest BCUT2D eigenvalue weighted by molar-refractivity contribution is 8.02. The number of halogens is 1. The first-order valence-corrected chi connectivity index (χ1v) is 10.5. The number of amides is 1. The third kappa shape index (κ3) is 3.58. The number of fused-ring (bicyclic) bond motifs is 3. The number of carbonyl (C=O) groups is 1. The lowest BCUT2D eigenvalue weighted by Crippen LogP contribution is -2.57. The summed E-state index contributed by atoms with van der Waals surface area (Å²) in [5.41, 5.74) is 0. The summed E-state index contributed by atoms with van der Waals surface area (Å²) in [6.07, 6.45) is 2.42. The Morgan fingerprint density at radius 1 is 1.39 bits per heavy atom. The van der Waals surface area contributed by atoms with Crippen LogP contribution in [0, 0.1) is 5.92 Å². The zero-order chi connectivity index (χ0) is 15.8. The van der Waals surface area contributed by atoms with Gasteiger partial charge in [-0.05, 0) is 55.7 Å². The van der Waals surface area contributed by atoms with E-state index in [2.05, 4.69) is 15.2 Å². The van der Waals surface area contributed by atoms with Crippen LogP contribution in [0.2, 0.25) is 5.15 Å². The number of carbonyl (C=O) groups excluding carboxylic acids is 1. The maximum absolute atomic E-state index is 12.5. The molecule has 0 spiro atoms. The minimum Gasteiger partial charge on any atom is -0.347 e. The van der Waals surface area contributed by atoms with E-state index in [-0.39, 0.29) is 5.91 Å². The van der Waals surface area contributed by atoms with E-state index in [0.29, 0.717) is 17.1 Å². The van der Waals surface area contributed by atoms with E-state index in [9.17, 15) is 4.79 Å². The minimum absolute atomic E-state index is 0.0535. The van der Waals surface area contributed by atoms with Crippen molar-refractivity contribution in [3.8, 4) is 0 Å². The lowest BCUT2D eigenvalue weighted by molar-refractivity contribution is 0.0622. The average molecular weight is 386 g/mol. The van der Waals surface area contributed by atoms with Crippen molar-refractivity contribution in [1.82, 2.24) is 15.2 Å². The molecule has 3 saturated heterocycles. The molecule has 3 fully saturated rings. The van der Waals surface area contributed by atoms with Gasteiger partial charge in [-0.25, -0.2) is 4.98 Å². The van der Waals surface area contributed by atoms with Gasteiger partial charge in [-0.1, -0.05) is 11.6 Å². The number of hydrogen-bond acceptors (Lipinski definition) is 6. The Morgan fingerprint density at radius 2 is 2.22 bits per heavy atom. The van der Waals surface area contributed by atoms with Gasteiger partial charge in [0.15, 0.2) is 4.34 Å². The summed E-state index contributed by atoms with van der Waals surface area (Å²) in [5.74, 6) is 0.702. The maximum atomic E-state index is 12.5. The Hall–Kier alpha value is -0.600. The molecule has 0 saturated carbocycles. The summed E-state index contributed by atoms with van der Waals surface area (Å²) in [6.45, 7) is 3.38. The summed E-state index contributed by atoms with van der Waals surface area (Å²) < 4.78 is 1.97. The van der Waals surface area contributed by atoms with Gasteiger partial charge in [0.05, 0.1) is 9.09 Å². The van der Waals surface area contributed by atoms with E-state index >= 15 is 0 Å². The van der Waals surface area contributed by atoms with Gasteiger partial charge in [0.25, 0.3) is 5.91 Å². The lowest BCUT2D eigenvalue weighted by atomic mass is 9.84. The molecule has 4 nitrogen and oxygen atoms in total. The molecule has 8 heteroatoms. The van der Waals surface area contributed by atoms with Gasteiger partial charge in [-0.3, -0.25) is 4.79 Å². The molecule has 0 unspecified atom stereocenters. The molecule has 3 aliphatic rings. The van der Waals surface area contributed by atoms with Gasteiger partial charge in [-0.15, -0.1) is 22.7 Å². The van der Waals surface area contributed by atoms with Gasteiger partial charge in [0.2, 0.25) is 0 Å². The standard InChI is InChI=1S/C15H16ClN3OS3/c16-12-8-21-15(18-12)23-13-2-1-11(22-13)14(20)17-10-7-19-5-3-9(10)4-6-19/h1-2,8-10H,3-7H2,(H,17,20)/t10-/m0/s1. The molecule has 1 amide bonds. The van der Waals surface area contributed by atoms with Crippen LogP contribution < -0.4 is 5.32 Å². The number of nitrogens with one attached hydrogen (secondary N) is 1. The van der Waals surface area contributed by atoms with Gasteiger partial charge in [0.1, 0.15) is 5.15 Å². The zero-order valence-corrected chi connectivity index (χ0v) is 15.5. The summed E-state index contributed by atoms with van der Waals surface area (Å²) in [4.78, 5) is 19.9. The number of thiazole rings is 1. The van der Waals surface area contributed by atoms with E-state index < -0.39 is 0 Å². The van der Waals surface area contributed by atoms with Crippen molar-refractivity contribution < 1.29 is 4.79 Å². The molecule has 2 bridgehead atoms. The molecular weight excluding hydrogens is 370 g/mol. The first-order valence-electron chi connectivity index (χ1n) is 7.59. The quantitative estimate of drug-likeness (QED) is 0.868. The fourth-order valence-corrected chi connectivity index (χ4v) is 6.49. The Labute approximate surface area is 152 Å². The number of thiophene rings is 1. The molecule has 0 radical (unpaired) electrons. The van der Waals surface area contributed by atoms with Gasteiger partial charge in [0, 0.05) is 18.0 Å². The van der Waals surface area contributed by atoms with Crippen molar-refractivity contribution in [3.05, 3.63) is 27.5 Å². The topological polar surface area (TPSA) is 45.2 Å². The van der Waals surface area contributed by atoms with Crippen LogP contribution in [0.4, 0.5) is 0 Å². The Morgan fingerprint density at radius 3 is 2.87 bits per heavy atom. The highest BCUT2D eigenvalue weighted by Gasteiger charge is 2.35. The highest BCUT2D eigenvalue weighted by Crippen LogP contribution is 2.36. The summed E-state index contributed by atoms with van der Waals surface area (Å²) >= 11 is 10.4. The molecule has 0 aliphatic carbocycles. The molecule has 2 aromatic heterocycles. The van der Waals surface area contributed by atoms with Crippen LogP contribution in [0.15, 0.2) is 26.1 Å². The van der Waals surface area contributed by atoms with Gasteiger partial charge >= 0.3 is 0 Å². The fraction of sp³-hybridized carbons (Fsp3) is 0.467. The summed E-state index contributed by atoms with van der Waals surface area (Å²) in [5, 5.41) is 5.57. The molecule has 1 atom stereocenters. The predicted molar refractivity (Wildman–Crippen MR) is 96.0 cm³/mol. The third-order valence-electron chi connectivity index (χ3n) is 4.42. The second-order valence-corrected chi connectivity index (χ2v) is 9.75. The van der Waals surface area contributed by atoms with Crippen molar-refractivity contribution in [1.29, 1.82) is 0 Å². The molecule has 1 N–H and O–H groups in total. The molecule has 122 valence electrons. The number of nitrogens with zero attached hydrogens (tertiary/aromatic N) is 2. The van der Waals surface area contributed by atoms with E-state index in [4.69, 9.17) is 11.6 Å². The first kappa shape index (κ1) is 15.9. The smallest absolute Gasteiger partial charge is 0.261 e. The number of rotatable bonds is 4. The van der Waals surface area contributed by atoms with Crippen LogP contribution in [0.1, 0.15) is 22.5 Å². The second kappa shape index (κ2) is 6.72. The van der Waals surface area contributed by atoms with Crippen LogP contribution in [0.3, 0.4) is 0 Å². The van der Waals surface area contributed by atoms with Crippen LogP contribution in [0.25, 0.3) is 0 Å². The summed E-state index contributed by atoms with van der Waals surface area (Å²) in [6, 6.07) is 4.19. The van der Waals surface area contributed by atoms with Gasteiger partial charge in [-0.2, -0.15) is 0 Å². The second-order valence-electron chi connectivity index (χ2n) is 5.87. The van der Waals surface area contributed by atoms with E-state index in [1.807, 2.05) is 17.5 Å². The molecule has 2 aromatic rings. The number of hydrogen-bond donors (Lipinski definition) is 1. The molecule has 3 aliphatic heterocycles. The molecule has 23 heavy (non-hydrogen) atoms. The molecular formula is C15H16ClN3OS3. The SMILES string of the molecule is O=C(N[C@H]1CN2CCC1CC2)c1ccc(Sc2nc(Cl)cs2)s1. The van der Waals surface area contributed by atoms with Crippen LogP contribution >= 0.6 is 46.0 Å². The van der Waals surface area contributed by atoms with E-state index in [1.54, 1.807) is 11.8 Å². The Balaban J connectivity index is 1.39. The third-order valence-corrected chi connectivity index (χ3v) is 7.90. The van der Waals surface area contributed by atoms with Crippen molar-refractivity contribution in [2.45, 2.75) is 27.4 Å². The number of piperidine rings is 3. The van der Waals surface area contributed by atoms with Crippen molar-refractivity contribution in [2.75, 3.05) is 19.6 Å². The monoisotopic (exact) mass is 385 g/mol. The van der Waals surface area contributed by atoms with Gasteiger partial charge < -0.3 is 10.2 Å². The van der Waals surface area contributed by atoms with Crippen molar-refractivity contribution >= 4 is 51.9 Å². The number of aromatic nitrogens is 1. The predicted octanol–water partition coefficient (Wildman–Crippen LogP) is 3.83. The van der Waals surface area contributed by atoms with Crippen LogP contribution in [0.5, 0.6) is 0 Å². The maximum Gasteiger partial charge on any atom is 0.261 e. The first-order chi connectivity index (χ1) is 11.2. The fourth-order valence-electron chi connectivity index (χ4n) is 3.24. The summed E-state index contributed by atoms with van der Waals surface area (Å²) in [7, 11) is 0. The van der Waals surface area contributed by atoms with Crippen LogP contribution in [-0.2, 0) is 0 Å². The minimum atomic E-state index is 0.0535. The van der Waals surface area contributed by atoms with Crippen molar-refractivity contribution in [2.24, 2.45) is 5.92 Å². The lowest BCUT2D eigenvalue weighted by Gasteiger charge is -2.44. The Bertz CT molecular complexity index is 708. The van der Waals surface area contributed by atoms with Crippen molar-refractivity contribution in [3.63, 3.8) is 0 Å². The van der Waals surface area contributed by atoms with E-state index in [1.165, 1.54) is 48.6 Å². The normalized spacial score (nSPS) is 26.4. The van der Waals surface area contributed by atoms with Crippen LogP contribution in [-0.4, -0.2) is 41.5 Å². The molecule has 5 heterocycles.